The van der Waals surface area contributed by atoms with Crippen LogP contribution < -0.4 is 15.4 Å². The third kappa shape index (κ3) is 7.29. The molecule has 1 unspecified atom stereocenters. The van der Waals surface area contributed by atoms with Crippen molar-refractivity contribution in [3.63, 3.8) is 0 Å². The number of guanidine groups is 1. The van der Waals surface area contributed by atoms with E-state index in [1.807, 2.05) is 13.8 Å². The summed E-state index contributed by atoms with van der Waals surface area (Å²) in [7, 11) is 1.78. The van der Waals surface area contributed by atoms with Crippen LogP contribution in [-0.2, 0) is 13.1 Å². The van der Waals surface area contributed by atoms with Gasteiger partial charge in [-0.15, -0.1) is 35.3 Å². The highest BCUT2D eigenvalue weighted by atomic mass is 127. The first kappa shape index (κ1) is 23.7. The zero-order valence-electron chi connectivity index (χ0n) is 17.0. The van der Waals surface area contributed by atoms with Crippen LogP contribution in [0.5, 0.6) is 5.75 Å². The Morgan fingerprint density at radius 1 is 1.22 bits per heavy atom. The zero-order valence-corrected chi connectivity index (χ0v) is 20.2. The lowest BCUT2D eigenvalue weighted by atomic mass is 10.1. The summed E-state index contributed by atoms with van der Waals surface area (Å²) in [6, 6.07) is 6.33. The average molecular weight is 502 g/mol. The van der Waals surface area contributed by atoms with Crippen LogP contribution in [0.2, 0.25) is 0 Å². The first-order chi connectivity index (χ1) is 12.4. The molecule has 2 rings (SSSR count). The third-order valence-corrected chi connectivity index (χ3v) is 5.28. The van der Waals surface area contributed by atoms with Gasteiger partial charge in [0.15, 0.2) is 5.96 Å². The lowest BCUT2D eigenvalue weighted by Gasteiger charge is -2.18. The van der Waals surface area contributed by atoms with Crippen LogP contribution >= 0.6 is 35.3 Å². The maximum absolute atomic E-state index is 6.08. The number of nitrogens with one attached hydrogen (secondary N) is 2. The van der Waals surface area contributed by atoms with E-state index >= 15 is 0 Å². The molecule has 0 spiro atoms. The average Bonchev–Trinajstić information content (AvgIpc) is 2.93. The van der Waals surface area contributed by atoms with E-state index in [4.69, 9.17) is 4.74 Å². The minimum atomic E-state index is 0. The normalized spacial score (nSPS) is 12.3. The molecular formula is C20H31IN4OS. The molecule has 150 valence electrons. The van der Waals surface area contributed by atoms with Crippen LogP contribution in [0.3, 0.4) is 0 Å². The fourth-order valence-corrected chi connectivity index (χ4v) is 3.40. The second kappa shape index (κ2) is 11.5. The Labute approximate surface area is 184 Å². The number of thiazole rings is 1. The maximum atomic E-state index is 6.08. The van der Waals surface area contributed by atoms with E-state index in [-0.39, 0.29) is 30.1 Å². The molecule has 1 aromatic heterocycles. The number of aliphatic imine (C=N–C) groups is 1. The van der Waals surface area contributed by atoms with E-state index in [1.165, 1.54) is 10.4 Å². The Morgan fingerprint density at radius 3 is 2.52 bits per heavy atom. The van der Waals surface area contributed by atoms with Gasteiger partial charge in [-0.05, 0) is 45.7 Å². The Hall–Kier alpha value is -1.35. The van der Waals surface area contributed by atoms with Gasteiger partial charge in [0.25, 0.3) is 0 Å². The minimum absolute atomic E-state index is 0. The van der Waals surface area contributed by atoms with Crippen LogP contribution in [0.15, 0.2) is 23.2 Å². The molecule has 0 aliphatic carbocycles. The Kier molecular flexibility index (Phi) is 10.1. The van der Waals surface area contributed by atoms with Gasteiger partial charge in [-0.1, -0.05) is 19.1 Å². The minimum Gasteiger partial charge on any atom is -0.490 e. The Bertz CT molecular complexity index is 760. The predicted molar refractivity (Wildman–Crippen MR) is 126 cm³/mol. The van der Waals surface area contributed by atoms with Crippen LogP contribution in [0.1, 0.15) is 47.0 Å². The lowest BCUT2D eigenvalue weighted by Crippen LogP contribution is -2.36. The van der Waals surface area contributed by atoms with E-state index in [2.05, 4.69) is 59.6 Å². The molecule has 0 bridgehead atoms. The number of hydrogen-bond donors (Lipinski definition) is 2. The molecule has 1 aromatic carbocycles. The van der Waals surface area contributed by atoms with E-state index in [0.717, 1.165) is 40.9 Å². The Balaban J connectivity index is 0.00000364. The number of rotatable bonds is 7. The summed E-state index contributed by atoms with van der Waals surface area (Å²) in [5.74, 6) is 1.71. The highest BCUT2D eigenvalue weighted by Crippen LogP contribution is 2.22. The molecule has 0 aliphatic heterocycles. The number of ether oxygens (including phenoxy) is 1. The molecule has 5 nitrogen and oxygen atoms in total. The number of hydrogen-bond acceptors (Lipinski definition) is 4. The van der Waals surface area contributed by atoms with Gasteiger partial charge in [-0.2, -0.15) is 0 Å². The monoisotopic (exact) mass is 502 g/mol. The molecule has 0 saturated carbocycles. The summed E-state index contributed by atoms with van der Waals surface area (Å²) in [5, 5.41) is 7.83. The van der Waals surface area contributed by atoms with Crippen molar-refractivity contribution in [2.24, 2.45) is 4.99 Å². The maximum Gasteiger partial charge on any atom is 0.191 e. The molecule has 1 atom stereocenters. The fraction of sp³-hybridized carbons (Fsp3) is 0.500. The van der Waals surface area contributed by atoms with Gasteiger partial charge < -0.3 is 15.4 Å². The summed E-state index contributed by atoms with van der Waals surface area (Å²) in [4.78, 5) is 10.0. The number of halogens is 1. The highest BCUT2D eigenvalue weighted by molar-refractivity contribution is 14.0. The third-order valence-electron chi connectivity index (χ3n) is 4.21. The van der Waals surface area contributed by atoms with Crippen molar-refractivity contribution in [1.82, 2.24) is 15.6 Å². The standard InChI is InChI=1S/C20H30N4OS.HI/c1-7-14(3)25-18-10-13(2)8-9-17(18)11-22-20(21-6)23-12-19-15(4)24-16(5)26-19;/h8-10,14H,7,11-12H2,1-6H3,(H2,21,22,23);1H. The summed E-state index contributed by atoms with van der Waals surface area (Å²) < 4.78 is 6.08. The van der Waals surface area contributed by atoms with Crippen LogP contribution in [0, 0.1) is 20.8 Å². The van der Waals surface area contributed by atoms with Gasteiger partial charge in [0.05, 0.1) is 23.4 Å². The molecule has 0 saturated heterocycles. The second-order valence-corrected chi connectivity index (χ2v) is 7.76. The molecule has 7 heteroatoms. The molecule has 0 radical (unpaired) electrons. The summed E-state index contributed by atoms with van der Waals surface area (Å²) in [6.45, 7) is 11.8. The lowest BCUT2D eigenvalue weighted by molar-refractivity contribution is 0.215. The topological polar surface area (TPSA) is 58.5 Å². The molecule has 0 fully saturated rings. The second-order valence-electron chi connectivity index (χ2n) is 6.47. The van der Waals surface area contributed by atoms with Crippen molar-refractivity contribution in [3.8, 4) is 5.75 Å². The van der Waals surface area contributed by atoms with Crippen molar-refractivity contribution in [2.75, 3.05) is 7.05 Å². The number of benzene rings is 1. The zero-order chi connectivity index (χ0) is 19.1. The van der Waals surface area contributed by atoms with E-state index in [9.17, 15) is 0 Å². The van der Waals surface area contributed by atoms with Crippen molar-refractivity contribution in [1.29, 1.82) is 0 Å². The molecule has 0 aliphatic rings. The highest BCUT2D eigenvalue weighted by Gasteiger charge is 2.10. The number of nitrogens with zero attached hydrogens (tertiary/aromatic N) is 2. The van der Waals surface area contributed by atoms with E-state index < -0.39 is 0 Å². The van der Waals surface area contributed by atoms with Crippen molar-refractivity contribution >= 4 is 41.3 Å². The molecule has 2 aromatic rings. The van der Waals surface area contributed by atoms with Gasteiger partial charge in [-0.3, -0.25) is 4.99 Å². The summed E-state index contributed by atoms with van der Waals surface area (Å²) in [6.07, 6.45) is 1.18. The van der Waals surface area contributed by atoms with Crippen LogP contribution in [0.25, 0.3) is 0 Å². The van der Waals surface area contributed by atoms with Gasteiger partial charge in [0.2, 0.25) is 0 Å². The molecular weight excluding hydrogens is 471 g/mol. The van der Waals surface area contributed by atoms with Crippen LogP contribution in [-0.4, -0.2) is 24.1 Å². The smallest absolute Gasteiger partial charge is 0.191 e. The van der Waals surface area contributed by atoms with Crippen molar-refractivity contribution in [2.45, 2.75) is 60.2 Å². The largest absolute Gasteiger partial charge is 0.490 e. The fourth-order valence-electron chi connectivity index (χ4n) is 2.52. The number of aromatic nitrogens is 1. The van der Waals surface area contributed by atoms with E-state index in [1.54, 1.807) is 18.4 Å². The predicted octanol–water partition coefficient (Wildman–Crippen LogP) is 4.73. The van der Waals surface area contributed by atoms with E-state index in [0.29, 0.717) is 6.54 Å². The first-order valence-electron chi connectivity index (χ1n) is 9.06. The summed E-state index contributed by atoms with van der Waals surface area (Å²) in [5.41, 5.74) is 3.41. The molecule has 27 heavy (non-hydrogen) atoms. The molecule has 0 amide bonds. The first-order valence-corrected chi connectivity index (χ1v) is 9.88. The van der Waals surface area contributed by atoms with Crippen LogP contribution in [0.4, 0.5) is 0 Å². The molecule has 1 heterocycles. The van der Waals surface area contributed by atoms with Crippen molar-refractivity contribution < 1.29 is 4.74 Å². The Morgan fingerprint density at radius 2 is 1.93 bits per heavy atom. The van der Waals surface area contributed by atoms with Gasteiger partial charge in [-0.25, -0.2) is 4.98 Å². The molecule has 2 N–H and O–H groups in total. The summed E-state index contributed by atoms with van der Waals surface area (Å²) >= 11 is 1.72. The van der Waals surface area contributed by atoms with Gasteiger partial charge in [0, 0.05) is 24.0 Å². The van der Waals surface area contributed by atoms with Gasteiger partial charge >= 0.3 is 0 Å². The van der Waals surface area contributed by atoms with Gasteiger partial charge in [0.1, 0.15) is 5.75 Å². The van der Waals surface area contributed by atoms with Crippen molar-refractivity contribution in [3.05, 3.63) is 44.9 Å². The SMILES string of the molecule is CCC(C)Oc1cc(C)ccc1CNC(=NC)NCc1sc(C)nc1C.I. The number of aryl methyl sites for hydroxylation is 3. The quantitative estimate of drug-likeness (QED) is 0.327.